The molecule has 0 aliphatic rings. The van der Waals surface area contributed by atoms with Crippen molar-refractivity contribution in [2.75, 3.05) is 19.9 Å². The van der Waals surface area contributed by atoms with Crippen molar-refractivity contribution in [2.45, 2.75) is 6.42 Å². The normalized spacial score (nSPS) is 11.4. The number of rotatable bonds is 5. The molecule has 0 fully saturated rings. The Balaban J connectivity index is 2.69. The number of methoxy groups -OCH3 is 1. The van der Waals surface area contributed by atoms with Gasteiger partial charge >= 0.3 is 0 Å². The lowest BCUT2D eigenvalue weighted by molar-refractivity contribution is 0.409. The molecule has 0 aliphatic carbocycles. The first-order valence-electron chi connectivity index (χ1n) is 4.69. The zero-order valence-corrected chi connectivity index (χ0v) is 11.6. The molecule has 0 unspecified atom stereocenters. The zero-order valence-electron chi connectivity index (χ0n) is 9.16. The van der Waals surface area contributed by atoms with E-state index in [9.17, 15) is 8.42 Å². The topological polar surface area (TPSA) is 55.4 Å². The van der Waals surface area contributed by atoms with Gasteiger partial charge in [-0.25, -0.2) is 13.1 Å². The summed E-state index contributed by atoms with van der Waals surface area (Å²) in [7, 11) is -1.53. The molecule has 6 heteroatoms. The molecule has 0 atom stereocenters. The van der Waals surface area contributed by atoms with E-state index in [1.165, 1.54) is 0 Å². The first-order chi connectivity index (χ1) is 7.42. The Morgan fingerprint density at radius 2 is 2.12 bits per heavy atom. The molecule has 0 aliphatic heterocycles. The van der Waals surface area contributed by atoms with Crippen LogP contribution >= 0.6 is 15.9 Å². The summed E-state index contributed by atoms with van der Waals surface area (Å²) in [4.78, 5) is 0. The molecular weight excluding hydrogens is 294 g/mol. The number of hydrogen-bond acceptors (Lipinski definition) is 3. The number of nitrogens with one attached hydrogen (secondary N) is 1. The monoisotopic (exact) mass is 307 g/mol. The molecule has 16 heavy (non-hydrogen) atoms. The van der Waals surface area contributed by atoms with Gasteiger partial charge < -0.3 is 4.74 Å². The van der Waals surface area contributed by atoms with Crippen molar-refractivity contribution in [1.82, 2.24) is 4.72 Å². The van der Waals surface area contributed by atoms with Crippen LogP contribution in [-0.4, -0.2) is 28.3 Å². The highest BCUT2D eigenvalue weighted by Crippen LogP contribution is 2.23. The largest absolute Gasteiger partial charge is 0.496 e. The second kappa shape index (κ2) is 5.65. The van der Waals surface area contributed by atoms with Gasteiger partial charge in [-0.2, -0.15) is 0 Å². The fourth-order valence-electron chi connectivity index (χ4n) is 1.31. The van der Waals surface area contributed by atoms with Gasteiger partial charge in [0.25, 0.3) is 0 Å². The molecule has 1 aromatic carbocycles. The molecule has 0 heterocycles. The Morgan fingerprint density at radius 1 is 1.44 bits per heavy atom. The smallest absolute Gasteiger partial charge is 0.208 e. The van der Waals surface area contributed by atoms with Crippen LogP contribution in [0.25, 0.3) is 0 Å². The Labute approximate surface area is 104 Å². The van der Waals surface area contributed by atoms with E-state index in [-0.39, 0.29) is 0 Å². The van der Waals surface area contributed by atoms with Gasteiger partial charge in [0, 0.05) is 11.0 Å². The summed E-state index contributed by atoms with van der Waals surface area (Å²) >= 11 is 3.36. The summed E-state index contributed by atoms with van der Waals surface area (Å²) in [5, 5.41) is 0. The lowest BCUT2D eigenvalue weighted by Crippen LogP contribution is -2.24. The predicted molar refractivity (Wildman–Crippen MR) is 67.2 cm³/mol. The number of halogens is 1. The molecular formula is C10H14BrNO3S. The quantitative estimate of drug-likeness (QED) is 0.898. The van der Waals surface area contributed by atoms with Crippen LogP contribution in [-0.2, 0) is 16.4 Å². The summed E-state index contributed by atoms with van der Waals surface area (Å²) < 4.78 is 30.4. The average Bonchev–Trinajstić information content (AvgIpc) is 2.16. The highest BCUT2D eigenvalue weighted by atomic mass is 79.9. The van der Waals surface area contributed by atoms with Gasteiger partial charge in [-0.15, -0.1) is 0 Å². The maximum absolute atomic E-state index is 10.9. The molecule has 0 saturated heterocycles. The molecule has 0 aromatic heterocycles. The summed E-state index contributed by atoms with van der Waals surface area (Å²) in [6, 6.07) is 5.65. The SMILES string of the molecule is COc1ccc(Br)cc1CCNS(C)(=O)=O. The first-order valence-corrected chi connectivity index (χ1v) is 7.38. The molecule has 0 bridgehead atoms. The van der Waals surface area contributed by atoms with Crippen LogP contribution in [0.5, 0.6) is 5.75 Å². The summed E-state index contributed by atoms with van der Waals surface area (Å²) in [6.45, 7) is 0.367. The third kappa shape index (κ3) is 4.51. The fraction of sp³-hybridized carbons (Fsp3) is 0.400. The highest BCUT2D eigenvalue weighted by Gasteiger charge is 2.05. The number of hydrogen-bond donors (Lipinski definition) is 1. The predicted octanol–water partition coefficient (Wildman–Crippen LogP) is 1.55. The van der Waals surface area contributed by atoms with Crippen molar-refractivity contribution in [2.24, 2.45) is 0 Å². The molecule has 0 saturated carbocycles. The van der Waals surface area contributed by atoms with Gasteiger partial charge in [0.15, 0.2) is 0 Å². The Kier molecular flexibility index (Phi) is 4.76. The van der Waals surface area contributed by atoms with Crippen molar-refractivity contribution in [1.29, 1.82) is 0 Å². The van der Waals surface area contributed by atoms with E-state index in [2.05, 4.69) is 20.7 Å². The lowest BCUT2D eigenvalue weighted by Gasteiger charge is -2.09. The zero-order chi connectivity index (χ0) is 12.2. The van der Waals surface area contributed by atoms with E-state index in [0.717, 1.165) is 22.0 Å². The number of ether oxygens (including phenoxy) is 1. The summed E-state index contributed by atoms with van der Waals surface area (Å²) in [5.41, 5.74) is 0.966. The molecule has 90 valence electrons. The molecule has 0 radical (unpaired) electrons. The van der Waals surface area contributed by atoms with Crippen LogP contribution in [0, 0.1) is 0 Å². The van der Waals surface area contributed by atoms with Crippen molar-refractivity contribution in [3.05, 3.63) is 28.2 Å². The maximum atomic E-state index is 10.9. The summed E-state index contributed by atoms with van der Waals surface area (Å²) in [6.07, 6.45) is 1.74. The first kappa shape index (κ1) is 13.5. The van der Waals surface area contributed by atoms with Crippen LogP contribution in [0.15, 0.2) is 22.7 Å². The van der Waals surface area contributed by atoms with Crippen molar-refractivity contribution >= 4 is 26.0 Å². The van der Waals surface area contributed by atoms with Gasteiger partial charge in [0.1, 0.15) is 5.75 Å². The molecule has 1 N–H and O–H groups in total. The standard InChI is InChI=1S/C10H14BrNO3S/c1-15-10-4-3-9(11)7-8(10)5-6-12-16(2,13)14/h3-4,7,12H,5-6H2,1-2H3. The molecule has 1 rings (SSSR count). The van der Waals surface area contributed by atoms with Crippen LogP contribution in [0.4, 0.5) is 0 Å². The number of benzene rings is 1. The van der Waals surface area contributed by atoms with Gasteiger partial charge in [-0.1, -0.05) is 15.9 Å². The van der Waals surface area contributed by atoms with Gasteiger partial charge in [-0.3, -0.25) is 0 Å². The molecule has 0 amide bonds. The van der Waals surface area contributed by atoms with Crippen LogP contribution in [0.2, 0.25) is 0 Å². The maximum Gasteiger partial charge on any atom is 0.208 e. The molecule has 0 spiro atoms. The summed E-state index contributed by atoms with van der Waals surface area (Å²) in [5.74, 6) is 0.763. The number of sulfonamides is 1. The van der Waals surface area contributed by atoms with E-state index >= 15 is 0 Å². The molecule has 1 aromatic rings. The fourth-order valence-corrected chi connectivity index (χ4v) is 2.19. The highest BCUT2D eigenvalue weighted by molar-refractivity contribution is 9.10. The van der Waals surface area contributed by atoms with E-state index in [1.54, 1.807) is 7.11 Å². The Hall–Kier alpha value is -0.590. The van der Waals surface area contributed by atoms with Crippen LogP contribution in [0.3, 0.4) is 0 Å². The Morgan fingerprint density at radius 3 is 2.69 bits per heavy atom. The van der Waals surface area contributed by atoms with Crippen molar-refractivity contribution < 1.29 is 13.2 Å². The molecule has 4 nitrogen and oxygen atoms in total. The lowest BCUT2D eigenvalue weighted by atomic mass is 10.1. The minimum atomic E-state index is -3.13. The average molecular weight is 308 g/mol. The van der Waals surface area contributed by atoms with E-state index in [4.69, 9.17) is 4.74 Å². The second-order valence-electron chi connectivity index (χ2n) is 3.37. The third-order valence-electron chi connectivity index (χ3n) is 2.00. The van der Waals surface area contributed by atoms with Gasteiger partial charge in [0.05, 0.1) is 13.4 Å². The second-order valence-corrected chi connectivity index (χ2v) is 6.12. The Bertz CT molecular complexity index is 459. The van der Waals surface area contributed by atoms with Crippen molar-refractivity contribution in [3.8, 4) is 5.75 Å². The van der Waals surface area contributed by atoms with E-state index in [0.29, 0.717) is 13.0 Å². The minimum Gasteiger partial charge on any atom is -0.496 e. The third-order valence-corrected chi connectivity index (χ3v) is 3.22. The minimum absolute atomic E-state index is 0.367. The van der Waals surface area contributed by atoms with Crippen molar-refractivity contribution in [3.63, 3.8) is 0 Å². The van der Waals surface area contributed by atoms with Crippen LogP contribution in [0.1, 0.15) is 5.56 Å². The van der Waals surface area contributed by atoms with E-state index in [1.807, 2.05) is 18.2 Å². The van der Waals surface area contributed by atoms with Gasteiger partial charge in [0.2, 0.25) is 10.0 Å². The van der Waals surface area contributed by atoms with Gasteiger partial charge in [-0.05, 0) is 30.2 Å². The van der Waals surface area contributed by atoms with E-state index < -0.39 is 10.0 Å². The van der Waals surface area contributed by atoms with Crippen LogP contribution < -0.4 is 9.46 Å².